The van der Waals surface area contributed by atoms with Gasteiger partial charge in [0.25, 0.3) is 5.19 Å². The summed E-state index contributed by atoms with van der Waals surface area (Å²) in [5.41, 5.74) is 1.33. The standard InChI is InChI=1S/C22H20ClN7O5S/c23-15-3-1-14(2-4-15)13-29-19(28-20(31)30(22(29)32)17(11-25-33)12-26-34)27-16-5-7-18(8-6-16)35-21-24-9-10-36-21/h1-10,17,19,27H,11-13H2,(H,28,31). The smallest absolute Gasteiger partial charge is 0.331 e. The molecular weight excluding hydrogens is 510 g/mol. The van der Waals surface area contributed by atoms with Crippen molar-refractivity contribution in [2.75, 3.05) is 18.4 Å². The van der Waals surface area contributed by atoms with E-state index in [9.17, 15) is 19.4 Å². The topological polar surface area (TPSA) is 146 Å². The number of carbonyl (C=O) groups excluding carboxylic acids is 2. The number of urea groups is 2. The molecule has 1 aliphatic heterocycles. The first-order valence-corrected chi connectivity index (χ1v) is 11.9. The summed E-state index contributed by atoms with van der Waals surface area (Å²) in [7, 11) is 0. The molecule has 0 radical (unpaired) electrons. The zero-order valence-electron chi connectivity index (χ0n) is 18.6. The molecule has 1 unspecified atom stereocenters. The number of hydrogen-bond acceptors (Lipinski definition) is 10. The van der Waals surface area contributed by atoms with Gasteiger partial charge in [-0.1, -0.05) is 45.4 Å². The molecule has 0 saturated carbocycles. The molecule has 2 aromatic carbocycles. The van der Waals surface area contributed by atoms with Crippen molar-refractivity contribution in [3.05, 3.63) is 80.5 Å². The van der Waals surface area contributed by atoms with Crippen molar-refractivity contribution < 1.29 is 14.3 Å². The number of thiazole rings is 1. The average molecular weight is 530 g/mol. The molecular formula is C22H20ClN7O5S. The van der Waals surface area contributed by atoms with Gasteiger partial charge in [0.1, 0.15) is 18.8 Å². The maximum Gasteiger partial charge on any atom is 0.331 e. The van der Waals surface area contributed by atoms with Gasteiger partial charge in [-0.25, -0.2) is 19.5 Å². The van der Waals surface area contributed by atoms with Crippen LogP contribution in [0, 0.1) is 9.81 Å². The Balaban J connectivity index is 1.56. The third-order valence-corrected chi connectivity index (χ3v) is 6.12. The number of carbonyl (C=O) groups is 2. The van der Waals surface area contributed by atoms with Gasteiger partial charge in [-0.05, 0) is 42.0 Å². The van der Waals surface area contributed by atoms with Gasteiger partial charge >= 0.3 is 12.1 Å². The fourth-order valence-electron chi connectivity index (χ4n) is 3.51. The van der Waals surface area contributed by atoms with Crippen molar-refractivity contribution in [2.24, 2.45) is 10.4 Å². The van der Waals surface area contributed by atoms with Crippen molar-refractivity contribution in [3.8, 4) is 10.9 Å². The highest BCUT2D eigenvalue weighted by atomic mass is 35.5. The number of ether oxygens (including phenoxy) is 1. The van der Waals surface area contributed by atoms with E-state index in [4.69, 9.17) is 16.3 Å². The maximum atomic E-state index is 13.4. The van der Waals surface area contributed by atoms with Gasteiger partial charge in [0.05, 0.1) is 12.6 Å². The Morgan fingerprint density at radius 1 is 1.08 bits per heavy atom. The van der Waals surface area contributed by atoms with Crippen molar-refractivity contribution in [2.45, 2.75) is 18.9 Å². The predicted molar refractivity (Wildman–Crippen MR) is 134 cm³/mol. The van der Waals surface area contributed by atoms with Crippen LogP contribution in [-0.4, -0.2) is 52.3 Å². The number of amides is 4. The molecule has 1 aliphatic rings. The number of rotatable bonds is 11. The van der Waals surface area contributed by atoms with Crippen molar-refractivity contribution in [1.29, 1.82) is 0 Å². The van der Waals surface area contributed by atoms with Crippen LogP contribution in [0.2, 0.25) is 5.02 Å². The predicted octanol–water partition coefficient (Wildman–Crippen LogP) is 4.83. The van der Waals surface area contributed by atoms with Crippen LogP contribution in [0.15, 0.2) is 70.5 Å². The van der Waals surface area contributed by atoms with E-state index < -0.39 is 37.5 Å². The number of nitrogens with one attached hydrogen (secondary N) is 2. The molecule has 2 heterocycles. The summed E-state index contributed by atoms with van der Waals surface area (Å²) in [6.07, 6.45) is 0.690. The van der Waals surface area contributed by atoms with Gasteiger partial charge in [0, 0.05) is 22.3 Å². The van der Waals surface area contributed by atoms with Crippen LogP contribution in [-0.2, 0) is 6.54 Å². The lowest BCUT2D eigenvalue weighted by Gasteiger charge is -2.43. The highest BCUT2D eigenvalue weighted by molar-refractivity contribution is 7.11. The van der Waals surface area contributed by atoms with Crippen molar-refractivity contribution in [3.63, 3.8) is 0 Å². The number of anilines is 1. The average Bonchev–Trinajstić information content (AvgIpc) is 3.37. The van der Waals surface area contributed by atoms with E-state index in [1.165, 1.54) is 16.2 Å². The first kappa shape index (κ1) is 25.0. The number of halogens is 1. The summed E-state index contributed by atoms with van der Waals surface area (Å²) in [6.45, 7) is -0.831. The lowest BCUT2D eigenvalue weighted by molar-refractivity contribution is 0.0946. The Hall–Kier alpha value is -4.10. The van der Waals surface area contributed by atoms with Crippen LogP contribution in [0.4, 0.5) is 15.3 Å². The van der Waals surface area contributed by atoms with Gasteiger partial charge in [0.2, 0.25) is 0 Å². The SMILES string of the molecule is O=NCC(CN=O)N1C(=O)NC(Nc2ccc(Oc3nccs3)cc2)N(Cc2ccc(Cl)cc2)C1=O. The quantitative estimate of drug-likeness (QED) is 0.338. The lowest BCUT2D eigenvalue weighted by atomic mass is 10.2. The fourth-order valence-corrected chi connectivity index (χ4v) is 4.14. The van der Waals surface area contributed by atoms with E-state index in [0.717, 1.165) is 10.5 Å². The van der Waals surface area contributed by atoms with Gasteiger partial charge in [-0.3, -0.25) is 10.2 Å². The third-order valence-electron chi connectivity index (χ3n) is 5.22. The highest BCUT2D eigenvalue weighted by Crippen LogP contribution is 2.26. The highest BCUT2D eigenvalue weighted by Gasteiger charge is 2.42. The second-order valence-electron chi connectivity index (χ2n) is 7.60. The Bertz CT molecular complexity index is 1200. The Morgan fingerprint density at radius 2 is 1.78 bits per heavy atom. The summed E-state index contributed by atoms with van der Waals surface area (Å²) in [5.74, 6) is 0.564. The fraction of sp³-hybridized carbons (Fsp3) is 0.227. The number of nitroso groups, excluding NO2 is 2. The minimum atomic E-state index is -1.11. The molecule has 4 rings (SSSR count). The van der Waals surface area contributed by atoms with Gasteiger partial charge in [-0.15, -0.1) is 0 Å². The molecule has 1 atom stereocenters. The van der Waals surface area contributed by atoms with Crippen LogP contribution in [0.3, 0.4) is 0 Å². The monoisotopic (exact) mass is 529 g/mol. The number of benzene rings is 2. The molecule has 186 valence electrons. The molecule has 1 fully saturated rings. The van der Waals surface area contributed by atoms with Crippen LogP contribution in [0.25, 0.3) is 0 Å². The van der Waals surface area contributed by atoms with Crippen LogP contribution >= 0.6 is 22.9 Å². The van der Waals surface area contributed by atoms with E-state index >= 15 is 0 Å². The molecule has 0 bridgehead atoms. The third kappa shape index (κ3) is 5.93. The lowest BCUT2D eigenvalue weighted by Crippen LogP contribution is -2.69. The van der Waals surface area contributed by atoms with Gasteiger partial charge < -0.3 is 10.1 Å². The largest absolute Gasteiger partial charge is 0.431 e. The van der Waals surface area contributed by atoms with E-state index in [-0.39, 0.29) is 6.54 Å². The van der Waals surface area contributed by atoms with Crippen molar-refractivity contribution in [1.82, 2.24) is 20.1 Å². The molecule has 1 saturated heterocycles. The van der Waals surface area contributed by atoms with Gasteiger partial charge in [-0.2, -0.15) is 9.81 Å². The zero-order valence-corrected chi connectivity index (χ0v) is 20.2. The Labute approximate surface area is 214 Å². The van der Waals surface area contributed by atoms with Crippen LogP contribution < -0.4 is 15.4 Å². The van der Waals surface area contributed by atoms with Crippen molar-refractivity contribution >= 4 is 40.7 Å². The molecule has 1 aromatic heterocycles. The number of nitrogens with zero attached hydrogens (tertiary/aromatic N) is 5. The van der Waals surface area contributed by atoms with Crippen LogP contribution in [0.5, 0.6) is 10.9 Å². The first-order valence-electron chi connectivity index (χ1n) is 10.7. The molecule has 0 aliphatic carbocycles. The minimum absolute atomic E-state index is 0.0887. The molecule has 14 heteroatoms. The summed E-state index contributed by atoms with van der Waals surface area (Å²) < 4.78 is 5.65. The van der Waals surface area contributed by atoms with Crippen LogP contribution in [0.1, 0.15) is 5.56 Å². The van der Waals surface area contributed by atoms with E-state index in [0.29, 0.717) is 21.7 Å². The summed E-state index contributed by atoms with van der Waals surface area (Å²) >= 11 is 7.33. The zero-order chi connectivity index (χ0) is 25.5. The molecule has 4 amide bonds. The first-order chi connectivity index (χ1) is 17.5. The molecule has 12 nitrogen and oxygen atoms in total. The number of aromatic nitrogens is 1. The van der Waals surface area contributed by atoms with E-state index in [1.54, 1.807) is 60.1 Å². The summed E-state index contributed by atoms with van der Waals surface area (Å²) in [4.78, 5) is 54.3. The Morgan fingerprint density at radius 3 is 2.39 bits per heavy atom. The van der Waals surface area contributed by atoms with Gasteiger partial charge in [0.15, 0.2) is 6.29 Å². The second kappa shape index (κ2) is 11.6. The minimum Gasteiger partial charge on any atom is -0.431 e. The van der Waals surface area contributed by atoms with E-state index in [1.807, 2.05) is 0 Å². The molecule has 2 N–H and O–H groups in total. The normalized spacial score (nSPS) is 15.6. The molecule has 3 aromatic rings. The summed E-state index contributed by atoms with van der Waals surface area (Å²) in [5, 5.41) is 14.1. The number of hydrogen-bond donors (Lipinski definition) is 2. The maximum absolute atomic E-state index is 13.4. The molecule has 0 spiro atoms. The Kier molecular flexibility index (Phi) is 8.02. The number of imide groups is 1. The van der Waals surface area contributed by atoms with E-state index in [2.05, 4.69) is 26.0 Å². The second-order valence-corrected chi connectivity index (χ2v) is 8.90. The summed E-state index contributed by atoms with van der Waals surface area (Å²) in [6, 6.07) is 11.1. The molecule has 36 heavy (non-hydrogen) atoms.